The Morgan fingerprint density at radius 3 is 1.63 bits per heavy atom. The fourth-order valence-corrected chi connectivity index (χ4v) is 1.61. The van der Waals surface area contributed by atoms with Crippen molar-refractivity contribution in [2.45, 2.75) is 60.8 Å². The molecule has 19 heavy (non-hydrogen) atoms. The van der Waals surface area contributed by atoms with Crippen LogP contribution in [-0.2, 0) is 9.59 Å². The molecule has 0 aromatic carbocycles. The van der Waals surface area contributed by atoms with Crippen molar-refractivity contribution >= 4 is 11.8 Å². The first-order valence-electron chi connectivity index (χ1n) is 7.33. The fraction of sp³-hybridized carbons (Fsp3) is 0.733. The number of nitrogens with zero attached hydrogens (tertiary/aromatic N) is 1. The molecule has 0 saturated heterocycles. The Labute approximate surface area is 118 Å². The van der Waals surface area contributed by atoms with Gasteiger partial charge >= 0.3 is 0 Å². The van der Waals surface area contributed by atoms with E-state index in [4.69, 9.17) is 5.73 Å². The molecule has 0 saturated carbocycles. The van der Waals surface area contributed by atoms with Crippen molar-refractivity contribution in [3.8, 4) is 0 Å². The van der Waals surface area contributed by atoms with Crippen LogP contribution in [0.3, 0.4) is 0 Å². The molecule has 0 atom stereocenters. The van der Waals surface area contributed by atoms with Crippen molar-refractivity contribution in [2.75, 3.05) is 13.1 Å². The second-order valence-corrected chi connectivity index (χ2v) is 3.86. The van der Waals surface area contributed by atoms with Gasteiger partial charge in [-0.05, 0) is 33.2 Å². The van der Waals surface area contributed by atoms with Crippen LogP contribution in [0.4, 0.5) is 0 Å². The number of nitrogens with two attached hydrogens (primary N) is 1. The van der Waals surface area contributed by atoms with E-state index < -0.39 is 0 Å². The lowest BCUT2D eigenvalue weighted by Crippen LogP contribution is -2.32. The summed E-state index contributed by atoms with van der Waals surface area (Å²) in [5.41, 5.74) is 6.53. The molecule has 0 spiro atoms. The zero-order valence-corrected chi connectivity index (χ0v) is 13.4. The van der Waals surface area contributed by atoms with Gasteiger partial charge in [-0.3, -0.25) is 14.5 Å². The predicted octanol–water partition coefficient (Wildman–Crippen LogP) is 2.87. The van der Waals surface area contributed by atoms with E-state index in [9.17, 15) is 9.59 Å². The van der Waals surface area contributed by atoms with Gasteiger partial charge in [0.2, 0.25) is 0 Å². The van der Waals surface area contributed by atoms with Crippen molar-refractivity contribution in [3.05, 3.63) is 11.1 Å². The molecule has 1 heterocycles. The third-order valence-electron chi connectivity index (χ3n) is 2.78. The van der Waals surface area contributed by atoms with E-state index in [0.717, 1.165) is 19.3 Å². The van der Waals surface area contributed by atoms with Crippen LogP contribution in [-0.4, -0.2) is 29.8 Å². The second kappa shape index (κ2) is 11.9. The van der Waals surface area contributed by atoms with Gasteiger partial charge in [0.1, 0.15) is 0 Å². The van der Waals surface area contributed by atoms with Gasteiger partial charge in [0.25, 0.3) is 11.8 Å². The number of rotatable bonds is 5. The molecule has 0 unspecified atom stereocenters. The number of unbranched alkanes of at least 4 members (excludes halogenated alkanes) is 2. The van der Waals surface area contributed by atoms with E-state index in [1.165, 1.54) is 4.90 Å². The highest BCUT2D eigenvalue weighted by Crippen LogP contribution is 2.19. The third kappa shape index (κ3) is 6.01. The first-order valence-corrected chi connectivity index (χ1v) is 7.33. The van der Waals surface area contributed by atoms with E-state index >= 15 is 0 Å². The summed E-state index contributed by atoms with van der Waals surface area (Å²) in [7, 11) is 0. The minimum absolute atomic E-state index is 0.134. The molecule has 2 amide bonds. The lowest BCUT2D eigenvalue weighted by atomic mass is 10.2. The van der Waals surface area contributed by atoms with E-state index in [1.54, 1.807) is 13.8 Å². The summed E-state index contributed by atoms with van der Waals surface area (Å²) in [5.74, 6) is -0.268. The molecular weight excluding hydrogens is 240 g/mol. The molecule has 2 N–H and O–H groups in total. The van der Waals surface area contributed by atoms with E-state index in [2.05, 4.69) is 0 Å². The Morgan fingerprint density at radius 2 is 1.26 bits per heavy atom. The van der Waals surface area contributed by atoms with Crippen molar-refractivity contribution in [1.29, 1.82) is 0 Å². The van der Waals surface area contributed by atoms with Crippen LogP contribution in [0.15, 0.2) is 11.1 Å². The van der Waals surface area contributed by atoms with Gasteiger partial charge in [-0.25, -0.2) is 0 Å². The molecule has 4 nitrogen and oxygen atoms in total. The van der Waals surface area contributed by atoms with Gasteiger partial charge in [-0.15, -0.1) is 0 Å². The molecule has 0 radical (unpaired) electrons. The molecule has 1 aliphatic rings. The SMILES string of the molecule is CC.CC.CC1=C(C)C(=O)N(CCCCCN)C1=O. The maximum absolute atomic E-state index is 11.6. The van der Waals surface area contributed by atoms with Gasteiger partial charge in [-0.1, -0.05) is 34.1 Å². The molecule has 4 heteroatoms. The second-order valence-electron chi connectivity index (χ2n) is 3.86. The maximum Gasteiger partial charge on any atom is 0.256 e. The zero-order valence-electron chi connectivity index (χ0n) is 13.4. The molecule has 0 bridgehead atoms. The van der Waals surface area contributed by atoms with Gasteiger partial charge < -0.3 is 5.73 Å². The predicted molar refractivity (Wildman–Crippen MR) is 80.7 cm³/mol. The summed E-state index contributed by atoms with van der Waals surface area (Å²) in [4.78, 5) is 24.6. The molecule has 0 aliphatic carbocycles. The molecule has 0 fully saturated rings. The summed E-state index contributed by atoms with van der Waals surface area (Å²) in [6.07, 6.45) is 2.75. The first-order chi connectivity index (χ1) is 9.09. The smallest absolute Gasteiger partial charge is 0.256 e. The van der Waals surface area contributed by atoms with Crippen molar-refractivity contribution in [1.82, 2.24) is 4.90 Å². The third-order valence-corrected chi connectivity index (χ3v) is 2.78. The van der Waals surface area contributed by atoms with Crippen LogP contribution >= 0.6 is 0 Å². The Balaban J connectivity index is 0. The normalized spacial score (nSPS) is 13.9. The Morgan fingerprint density at radius 1 is 0.842 bits per heavy atom. The largest absolute Gasteiger partial charge is 0.330 e. The standard InChI is InChI=1S/C11H18N2O2.2C2H6/c1-8-9(2)11(15)13(10(8)14)7-5-3-4-6-12;2*1-2/h3-7,12H2,1-2H3;2*1-2H3. The summed E-state index contributed by atoms with van der Waals surface area (Å²) < 4.78 is 0. The highest BCUT2D eigenvalue weighted by molar-refractivity contribution is 6.18. The lowest BCUT2D eigenvalue weighted by molar-refractivity contribution is -0.137. The van der Waals surface area contributed by atoms with Crippen LogP contribution in [0.5, 0.6) is 0 Å². The molecule has 1 rings (SSSR count). The van der Waals surface area contributed by atoms with E-state index in [0.29, 0.717) is 24.2 Å². The maximum atomic E-state index is 11.6. The van der Waals surface area contributed by atoms with Gasteiger partial charge in [0, 0.05) is 17.7 Å². The summed E-state index contributed by atoms with van der Waals surface area (Å²) >= 11 is 0. The average Bonchev–Trinajstić information content (AvgIpc) is 2.65. The van der Waals surface area contributed by atoms with E-state index in [-0.39, 0.29) is 11.8 Å². The van der Waals surface area contributed by atoms with Crippen LogP contribution in [0, 0.1) is 0 Å². The van der Waals surface area contributed by atoms with Gasteiger partial charge in [0.15, 0.2) is 0 Å². The molecular formula is C15H30N2O2. The molecule has 0 aromatic rings. The van der Waals surface area contributed by atoms with Crippen LogP contribution in [0.2, 0.25) is 0 Å². The minimum atomic E-state index is -0.134. The summed E-state index contributed by atoms with van der Waals surface area (Å²) in [5, 5.41) is 0. The first kappa shape index (κ1) is 20.2. The Hall–Kier alpha value is -1.16. The number of hydrogen-bond donors (Lipinski definition) is 1. The highest BCUT2D eigenvalue weighted by atomic mass is 16.2. The lowest BCUT2D eigenvalue weighted by Gasteiger charge is -2.14. The van der Waals surface area contributed by atoms with Crippen LogP contribution in [0.1, 0.15) is 60.8 Å². The average molecular weight is 270 g/mol. The highest BCUT2D eigenvalue weighted by Gasteiger charge is 2.32. The minimum Gasteiger partial charge on any atom is -0.330 e. The zero-order chi connectivity index (χ0) is 15.4. The fourth-order valence-electron chi connectivity index (χ4n) is 1.61. The number of hydrogen-bond acceptors (Lipinski definition) is 3. The topological polar surface area (TPSA) is 63.4 Å². The summed E-state index contributed by atoms with van der Waals surface area (Å²) in [6.45, 7) is 12.6. The number of carbonyl (C=O) groups excluding carboxylic acids is 2. The van der Waals surface area contributed by atoms with Crippen LogP contribution in [0.25, 0.3) is 0 Å². The van der Waals surface area contributed by atoms with Crippen LogP contribution < -0.4 is 5.73 Å². The van der Waals surface area contributed by atoms with Crippen molar-refractivity contribution < 1.29 is 9.59 Å². The number of carbonyl (C=O) groups is 2. The summed E-state index contributed by atoms with van der Waals surface area (Å²) in [6, 6.07) is 0. The number of amides is 2. The quantitative estimate of drug-likeness (QED) is 0.617. The van der Waals surface area contributed by atoms with Crippen molar-refractivity contribution in [3.63, 3.8) is 0 Å². The number of imide groups is 1. The van der Waals surface area contributed by atoms with Gasteiger partial charge in [-0.2, -0.15) is 0 Å². The molecule has 0 aromatic heterocycles. The molecule has 1 aliphatic heterocycles. The molecule has 112 valence electrons. The Kier molecular flexibility index (Phi) is 12.6. The van der Waals surface area contributed by atoms with E-state index in [1.807, 2.05) is 27.7 Å². The van der Waals surface area contributed by atoms with Gasteiger partial charge in [0.05, 0.1) is 0 Å². The monoisotopic (exact) mass is 270 g/mol. The Bertz CT molecular complexity index is 285. The van der Waals surface area contributed by atoms with Crippen molar-refractivity contribution in [2.24, 2.45) is 5.73 Å².